The van der Waals surface area contributed by atoms with E-state index in [2.05, 4.69) is 62.1 Å². The van der Waals surface area contributed by atoms with Crippen molar-refractivity contribution < 1.29 is 0 Å². The SMILES string of the molecule is CCC(CC)n1ccc(Cn2cc(C(C)Br)nn2)n1. The Balaban J connectivity index is 2.06. The molecule has 0 radical (unpaired) electrons. The van der Waals surface area contributed by atoms with Gasteiger partial charge < -0.3 is 0 Å². The van der Waals surface area contributed by atoms with E-state index in [0.717, 1.165) is 24.2 Å². The van der Waals surface area contributed by atoms with Crippen LogP contribution in [0.15, 0.2) is 18.5 Å². The van der Waals surface area contributed by atoms with Crippen molar-refractivity contribution in [3.05, 3.63) is 29.8 Å². The zero-order valence-corrected chi connectivity index (χ0v) is 13.2. The molecule has 0 amide bonds. The average molecular weight is 326 g/mol. The molecule has 2 heterocycles. The minimum atomic E-state index is 0.225. The lowest BCUT2D eigenvalue weighted by Gasteiger charge is -2.12. The van der Waals surface area contributed by atoms with Crippen LogP contribution in [-0.4, -0.2) is 24.8 Å². The monoisotopic (exact) mass is 325 g/mol. The van der Waals surface area contributed by atoms with E-state index in [1.54, 1.807) is 0 Å². The van der Waals surface area contributed by atoms with Crippen LogP contribution in [0.2, 0.25) is 0 Å². The van der Waals surface area contributed by atoms with E-state index in [-0.39, 0.29) is 4.83 Å². The predicted molar refractivity (Wildman–Crippen MR) is 78.3 cm³/mol. The van der Waals surface area contributed by atoms with Crippen molar-refractivity contribution >= 4 is 15.9 Å². The van der Waals surface area contributed by atoms with Crippen LogP contribution in [-0.2, 0) is 6.54 Å². The summed E-state index contributed by atoms with van der Waals surface area (Å²) in [6.07, 6.45) is 6.21. The Morgan fingerprint density at radius 2 is 2.05 bits per heavy atom. The molecule has 0 fully saturated rings. The number of aromatic nitrogens is 5. The quantitative estimate of drug-likeness (QED) is 0.765. The first kappa shape index (κ1) is 14.2. The molecule has 0 saturated heterocycles. The zero-order valence-electron chi connectivity index (χ0n) is 11.6. The van der Waals surface area contributed by atoms with Crippen LogP contribution in [0.25, 0.3) is 0 Å². The maximum Gasteiger partial charge on any atom is 0.0960 e. The molecule has 0 bridgehead atoms. The molecule has 19 heavy (non-hydrogen) atoms. The fourth-order valence-corrected chi connectivity index (χ4v) is 2.28. The lowest BCUT2D eigenvalue weighted by molar-refractivity contribution is 0.423. The van der Waals surface area contributed by atoms with Gasteiger partial charge in [-0.05, 0) is 25.8 Å². The lowest BCUT2D eigenvalue weighted by Crippen LogP contribution is -2.09. The van der Waals surface area contributed by atoms with Crippen LogP contribution in [0.3, 0.4) is 0 Å². The third-order valence-corrected chi connectivity index (χ3v) is 3.74. The molecule has 1 unspecified atom stereocenters. The number of rotatable bonds is 6. The average Bonchev–Trinajstić information content (AvgIpc) is 3.01. The van der Waals surface area contributed by atoms with Gasteiger partial charge in [-0.2, -0.15) is 5.10 Å². The molecule has 0 aliphatic rings. The van der Waals surface area contributed by atoms with E-state index in [4.69, 9.17) is 0 Å². The second kappa shape index (κ2) is 6.32. The summed E-state index contributed by atoms with van der Waals surface area (Å²) in [6.45, 7) is 7.09. The van der Waals surface area contributed by atoms with Gasteiger partial charge >= 0.3 is 0 Å². The number of alkyl halides is 1. The van der Waals surface area contributed by atoms with Gasteiger partial charge in [0, 0.05) is 6.20 Å². The predicted octanol–water partition coefficient (Wildman–Crippen LogP) is 3.34. The first-order valence-corrected chi connectivity index (χ1v) is 7.63. The van der Waals surface area contributed by atoms with Crippen molar-refractivity contribution in [3.8, 4) is 0 Å². The molecule has 104 valence electrons. The van der Waals surface area contributed by atoms with Crippen LogP contribution < -0.4 is 0 Å². The fraction of sp³-hybridized carbons (Fsp3) is 0.615. The largest absolute Gasteiger partial charge is 0.269 e. The second-order valence-electron chi connectivity index (χ2n) is 4.71. The Morgan fingerprint density at radius 3 is 2.63 bits per heavy atom. The molecule has 2 rings (SSSR count). The van der Waals surface area contributed by atoms with Gasteiger partial charge in [0.15, 0.2) is 0 Å². The van der Waals surface area contributed by atoms with Crippen molar-refractivity contribution in [1.82, 2.24) is 24.8 Å². The molecule has 0 N–H and O–H groups in total. The number of halogens is 1. The minimum absolute atomic E-state index is 0.225. The maximum absolute atomic E-state index is 4.62. The molecular formula is C13H20BrN5. The summed E-state index contributed by atoms with van der Waals surface area (Å²) in [5.74, 6) is 0. The topological polar surface area (TPSA) is 48.5 Å². The number of hydrogen-bond acceptors (Lipinski definition) is 3. The van der Waals surface area contributed by atoms with Gasteiger partial charge in [0.25, 0.3) is 0 Å². The zero-order chi connectivity index (χ0) is 13.8. The van der Waals surface area contributed by atoms with E-state index >= 15 is 0 Å². The van der Waals surface area contributed by atoms with E-state index in [0.29, 0.717) is 12.6 Å². The molecule has 6 heteroatoms. The highest BCUT2D eigenvalue weighted by Gasteiger charge is 2.10. The van der Waals surface area contributed by atoms with Crippen LogP contribution >= 0.6 is 15.9 Å². The first-order valence-electron chi connectivity index (χ1n) is 6.72. The molecule has 5 nitrogen and oxygen atoms in total. The van der Waals surface area contributed by atoms with Crippen molar-refractivity contribution in [2.75, 3.05) is 0 Å². The highest BCUT2D eigenvalue weighted by atomic mass is 79.9. The normalized spacial score (nSPS) is 13.1. The maximum atomic E-state index is 4.62. The highest BCUT2D eigenvalue weighted by Crippen LogP contribution is 2.18. The third-order valence-electron chi connectivity index (χ3n) is 3.27. The summed E-state index contributed by atoms with van der Waals surface area (Å²) < 4.78 is 3.88. The molecule has 0 spiro atoms. The Hall–Kier alpha value is -1.17. The summed E-state index contributed by atoms with van der Waals surface area (Å²) in [7, 11) is 0. The minimum Gasteiger partial charge on any atom is -0.269 e. The van der Waals surface area contributed by atoms with Gasteiger partial charge in [-0.15, -0.1) is 5.10 Å². The van der Waals surface area contributed by atoms with E-state index in [1.807, 2.05) is 17.8 Å². The Morgan fingerprint density at radius 1 is 1.32 bits per heavy atom. The lowest BCUT2D eigenvalue weighted by atomic mass is 10.2. The van der Waals surface area contributed by atoms with Crippen LogP contribution in [0.1, 0.15) is 55.9 Å². The molecule has 2 aromatic heterocycles. The standard InChI is InChI=1S/C13H20BrN5/c1-4-12(5-2)19-7-6-11(16-19)8-18-9-13(10(3)14)15-17-18/h6-7,9-10,12H,4-5,8H2,1-3H3. The van der Waals surface area contributed by atoms with Gasteiger partial charge in [-0.3, -0.25) is 4.68 Å². The van der Waals surface area contributed by atoms with Crippen molar-refractivity contribution in [3.63, 3.8) is 0 Å². The van der Waals surface area contributed by atoms with Gasteiger partial charge in [0.05, 0.1) is 35.0 Å². The Bertz CT molecular complexity index is 513. The van der Waals surface area contributed by atoms with Crippen LogP contribution in [0, 0.1) is 0 Å². The molecule has 0 saturated carbocycles. The highest BCUT2D eigenvalue weighted by molar-refractivity contribution is 9.09. The molecular weight excluding hydrogens is 306 g/mol. The molecule has 1 atom stereocenters. The first-order chi connectivity index (χ1) is 9.13. The molecule has 0 aliphatic carbocycles. The van der Waals surface area contributed by atoms with Crippen LogP contribution in [0.5, 0.6) is 0 Å². The number of hydrogen-bond donors (Lipinski definition) is 0. The van der Waals surface area contributed by atoms with Crippen LogP contribution in [0.4, 0.5) is 0 Å². The summed E-state index contributed by atoms with van der Waals surface area (Å²) in [4.78, 5) is 0.225. The summed E-state index contributed by atoms with van der Waals surface area (Å²) in [5.41, 5.74) is 1.96. The van der Waals surface area contributed by atoms with Gasteiger partial charge in [0.1, 0.15) is 0 Å². The van der Waals surface area contributed by atoms with Gasteiger partial charge in [-0.1, -0.05) is 35.0 Å². The van der Waals surface area contributed by atoms with E-state index in [9.17, 15) is 0 Å². The summed E-state index contributed by atoms with van der Waals surface area (Å²) in [5, 5.41) is 12.9. The molecule has 2 aromatic rings. The summed E-state index contributed by atoms with van der Waals surface area (Å²) >= 11 is 3.49. The van der Waals surface area contributed by atoms with E-state index in [1.165, 1.54) is 0 Å². The van der Waals surface area contributed by atoms with Crippen molar-refractivity contribution in [2.45, 2.75) is 51.0 Å². The Labute approximate surface area is 122 Å². The number of nitrogens with zero attached hydrogens (tertiary/aromatic N) is 5. The van der Waals surface area contributed by atoms with Crippen molar-refractivity contribution in [2.24, 2.45) is 0 Å². The molecule has 0 aliphatic heterocycles. The van der Waals surface area contributed by atoms with Gasteiger partial charge in [-0.25, -0.2) is 4.68 Å². The second-order valence-corrected chi connectivity index (χ2v) is 6.09. The van der Waals surface area contributed by atoms with E-state index < -0.39 is 0 Å². The fourth-order valence-electron chi connectivity index (χ4n) is 2.07. The third kappa shape index (κ3) is 3.43. The summed E-state index contributed by atoms with van der Waals surface area (Å²) in [6, 6.07) is 2.54. The molecule has 0 aromatic carbocycles. The Kier molecular flexibility index (Phi) is 4.74. The van der Waals surface area contributed by atoms with Crippen molar-refractivity contribution in [1.29, 1.82) is 0 Å². The van der Waals surface area contributed by atoms with Gasteiger partial charge in [0.2, 0.25) is 0 Å². The smallest absolute Gasteiger partial charge is 0.0960 e.